The molecule has 0 rings (SSSR count). The van der Waals surface area contributed by atoms with Crippen molar-refractivity contribution in [1.82, 2.24) is 10.6 Å². The second kappa shape index (κ2) is 8.52. The lowest BCUT2D eigenvalue weighted by atomic mass is 10.1. The summed E-state index contributed by atoms with van der Waals surface area (Å²) in [6, 6.07) is 1.31. The third kappa shape index (κ3) is 8.26. The van der Waals surface area contributed by atoms with Crippen molar-refractivity contribution in [2.45, 2.75) is 58.5 Å². The summed E-state index contributed by atoms with van der Waals surface area (Å²) >= 11 is 0. The molecule has 0 bridgehead atoms. The van der Waals surface area contributed by atoms with E-state index in [4.69, 9.17) is 0 Å². The second-order valence-electron chi connectivity index (χ2n) is 4.05. The molecule has 0 aliphatic heterocycles. The minimum absolute atomic E-state index is 0.610. The molecule has 2 nitrogen and oxygen atoms in total. The van der Waals surface area contributed by atoms with Crippen LogP contribution in [0.2, 0.25) is 0 Å². The molecule has 0 heterocycles. The molecule has 2 heteroatoms. The lowest BCUT2D eigenvalue weighted by molar-refractivity contribution is 0.402. The van der Waals surface area contributed by atoms with E-state index >= 15 is 0 Å². The van der Waals surface area contributed by atoms with Crippen molar-refractivity contribution < 1.29 is 0 Å². The van der Waals surface area contributed by atoms with Gasteiger partial charge in [0.2, 0.25) is 0 Å². The highest BCUT2D eigenvalue weighted by Gasteiger charge is 2.07. The van der Waals surface area contributed by atoms with Gasteiger partial charge < -0.3 is 10.6 Å². The molecule has 0 unspecified atom stereocenters. The van der Waals surface area contributed by atoms with Crippen molar-refractivity contribution in [2.75, 3.05) is 13.6 Å². The Morgan fingerprint density at radius 1 is 1.15 bits per heavy atom. The number of hydrogen-bond donors (Lipinski definition) is 2. The van der Waals surface area contributed by atoms with E-state index in [0.29, 0.717) is 12.1 Å². The van der Waals surface area contributed by atoms with Crippen LogP contribution in [0.1, 0.15) is 46.5 Å². The number of rotatable bonds is 8. The van der Waals surface area contributed by atoms with Gasteiger partial charge in [0, 0.05) is 12.1 Å². The van der Waals surface area contributed by atoms with Gasteiger partial charge in [-0.05, 0) is 26.4 Å². The molecule has 0 spiro atoms. The van der Waals surface area contributed by atoms with Crippen LogP contribution in [0, 0.1) is 0 Å². The highest BCUT2D eigenvalue weighted by molar-refractivity contribution is 4.69. The predicted molar refractivity (Wildman–Crippen MR) is 60.1 cm³/mol. The van der Waals surface area contributed by atoms with Crippen molar-refractivity contribution in [3.8, 4) is 0 Å². The van der Waals surface area contributed by atoms with Crippen LogP contribution in [0.5, 0.6) is 0 Å². The third-order valence-electron chi connectivity index (χ3n) is 2.22. The quantitative estimate of drug-likeness (QED) is 0.607. The SMILES string of the molecule is CCCC[C@@H](CCNC)NC(C)C. The third-order valence-corrected chi connectivity index (χ3v) is 2.22. The first-order chi connectivity index (χ1) is 6.20. The monoisotopic (exact) mass is 186 g/mol. The van der Waals surface area contributed by atoms with Gasteiger partial charge in [0.1, 0.15) is 0 Å². The Hall–Kier alpha value is -0.0800. The highest BCUT2D eigenvalue weighted by atomic mass is 14.9. The van der Waals surface area contributed by atoms with E-state index < -0.39 is 0 Å². The van der Waals surface area contributed by atoms with E-state index in [1.165, 1.54) is 25.7 Å². The smallest absolute Gasteiger partial charge is 0.00815 e. The van der Waals surface area contributed by atoms with Gasteiger partial charge in [-0.15, -0.1) is 0 Å². The van der Waals surface area contributed by atoms with Crippen molar-refractivity contribution in [1.29, 1.82) is 0 Å². The number of nitrogens with one attached hydrogen (secondary N) is 2. The van der Waals surface area contributed by atoms with E-state index in [0.717, 1.165) is 6.54 Å². The van der Waals surface area contributed by atoms with E-state index in [-0.39, 0.29) is 0 Å². The summed E-state index contributed by atoms with van der Waals surface area (Å²) in [5, 5.41) is 6.82. The van der Waals surface area contributed by atoms with Gasteiger partial charge in [0.25, 0.3) is 0 Å². The fraction of sp³-hybridized carbons (Fsp3) is 1.00. The Labute approximate surface area is 83.5 Å². The first-order valence-electron chi connectivity index (χ1n) is 5.61. The zero-order valence-corrected chi connectivity index (χ0v) is 9.69. The maximum Gasteiger partial charge on any atom is 0.00815 e. The van der Waals surface area contributed by atoms with Gasteiger partial charge in [-0.1, -0.05) is 33.6 Å². The summed E-state index contributed by atoms with van der Waals surface area (Å²) in [6.07, 6.45) is 5.20. The summed E-state index contributed by atoms with van der Waals surface area (Å²) in [6.45, 7) is 7.81. The molecule has 0 aromatic carbocycles. The molecule has 0 aromatic rings. The number of hydrogen-bond acceptors (Lipinski definition) is 2. The van der Waals surface area contributed by atoms with E-state index in [1.54, 1.807) is 0 Å². The van der Waals surface area contributed by atoms with Crippen LogP contribution in [0.3, 0.4) is 0 Å². The lowest BCUT2D eigenvalue weighted by Gasteiger charge is -2.20. The van der Waals surface area contributed by atoms with Gasteiger partial charge in [-0.25, -0.2) is 0 Å². The van der Waals surface area contributed by atoms with Gasteiger partial charge >= 0.3 is 0 Å². The second-order valence-corrected chi connectivity index (χ2v) is 4.05. The van der Waals surface area contributed by atoms with Crippen molar-refractivity contribution in [3.63, 3.8) is 0 Å². The van der Waals surface area contributed by atoms with Crippen LogP contribution in [0.15, 0.2) is 0 Å². The molecule has 0 amide bonds. The minimum atomic E-state index is 0.610. The van der Waals surface area contributed by atoms with E-state index in [2.05, 4.69) is 31.4 Å². The molecule has 0 aromatic heterocycles. The molecular formula is C11H26N2. The molecule has 2 N–H and O–H groups in total. The topological polar surface area (TPSA) is 24.1 Å². The fourth-order valence-corrected chi connectivity index (χ4v) is 1.55. The number of unbranched alkanes of at least 4 members (excludes halogenated alkanes) is 1. The molecule has 0 saturated heterocycles. The van der Waals surface area contributed by atoms with E-state index in [1.807, 2.05) is 7.05 Å². The Kier molecular flexibility index (Phi) is 8.46. The largest absolute Gasteiger partial charge is 0.320 e. The minimum Gasteiger partial charge on any atom is -0.320 e. The van der Waals surface area contributed by atoms with Crippen LogP contribution in [-0.4, -0.2) is 25.7 Å². The van der Waals surface area contributed by atoms with Crippen LogP contribution in [0.4, 0.5) is 0 Å². The molecule has 0 aliphatic carbocycles. The molecular weight excluding hydrogens is 160 g/mol. The molecule has 13 heavy (non-hydrogen) atoms. The maximum atomic E-state index is 3.61. The fourth-order valence-electron chi connectivity index (χ4n) is 1.55. The summed E-state index contributed by atoms with van der Waals surface area (Å²) in [4.78, 5) is 0. The molecule has 0 radical (unpaired) electrons. The van der Waals surface area contributed by atoms with Crippen LogP contribution in [0.25, 0.3) is 0 Å². The zero-order valence-electron chi connectivity index (χ0n) is 9.69. The molecule has 0 aliphatic rings. The van der Waals surface area contributed by atoms with Gasteiger partial charge in [-0.2, -0.15) is 0 Å². The molecule has 80 valence electrons. The Balaban J connectivity index is 3.60. The average molecular weight is 186 g/mol. The Bertz CT molecular complexity index is 94.3. The first-order valence-corrected chi connectivity index (χ1v) is 5.61. The van der Waals surface area contributed by atoms with E-state index in [9.17, 15) is 0 Å². The van der Waals surface area contributed by atoms with Crippen LogP contribution < -0.4 is 10.6 Å². The maximum absolute atomic E-state index is 3.61. The van der Waals surface area contributed by atoms with Crippen molar-refractivity contribution in [3.05, 3.63) is 0 Å². The summed E-state index contributed by atoms with van der Waals surface area (Å²) in [5.41, 5.74) is 0. The van der Waals surface area contributed by atoms with Crippen LogP contribution >= 0.6 is 0 Å². The summed E-state index contributed by atoms with van der Waals surface area (Å²) in [7, 11) is 2.02. The van der Waals surface area contributed by atoms with Crippen molar-refractivity contribution in [2.24, 2.45) is 0 Å². The predicted octanol–water partition coefficient (Wildman–Crippen LogP) is 2.15. The molecule has 0 fully saturated rings. The zero-order chi connectivity index (χ0) is 10.1. The molecule has 1 atom stereocenters. The lowest BCUT2D eigenvalue weighted by Crippen LogP contribution is -2.36. The first kappa shape index (κ1) is 12.9. The van der Waals surface area contributed by atoms with Crippen LogP contribution in [-0.2, 0) is 0 Å². The summed E-state index contributed by atoms with van der Waals surface area (Å²) in [5.74, 6) is 0. The average Bonchev–Trinajstić information content (AvgIpc) is 2.09. The standard InChI is InChI=1S/C11H26N2/c1-5-6-7-11(8-9-12-4)13-10(2)3/h10-13H,5-9H2,1-4H3/t11-/m0/s1. The highest BCUT2D eigenvalue weighted by Crippen LogP contribution is 2.04. The normalized spacial score (nSPS) is 13.6. The van der Waals surface area contributed by atoms with Crippen molar-refractivity contribution >= 4 is 0 Å². The van der Waals surface area contributed by atoms with Gasteiger partial charge in [0.05, 0.1) is 0 Å². The van der Waals surface area contributed by atoms with Gasteiger partial charge in [0.15, 0.2) is 0 Å². The molecule has 0 saturated carbocycles. The summed E-state index contributed by atoms with van der Waals surface area (Å²) < 4.78 is 0. The van der Waals surface area contributed by atoms with Gasteiger partial charge in [-0.3, -0.25) is 0 Å². The Morgan fingerprint density at radius 2 is 1.85 bits per heavy atom. The Morgan fingerprint density at radius 3 is 2.31 bits per heavy atom.